The maximum Gasteiger partial charge on any atom is 0.282 e. The smallest absolute Gasteiger partial charge is 0.282 e. The van der Waals surface area contributed by atoms with E-state index >= 15 is 0 Å². The summed E-state index contributed by atoms with van der Waals surface area (Å²) in [5.41, 5.74) is 1.79. The normalized spacial score (nSPS) is 15.0. The van der Waals surface area contributed by atoms with Crippen LogP contribution in [0, 0.1) is 5.82 Å². The molecule has 7 heteroatoms. The van der Waals surface area contributed by atoms with Crippen LogP contribution in [0.4, 0.5) is 10.1 Å². The lowest BCUT2D eigenvalue weighted by Gasteiger charge is -2.18. The Balaban J connectivity index is 1.82. The molecule has 0 bridgehead atoms. The Morgan fingerprint density at radius 2 is 1.41 bits per heavy atom. The van der Waals surface area contributed by atoms with Crippen LogP contribution in [-0.4, -0.2) is 19.9 Å². The van der Waals surface area contributed by atoms with Gasteiger partial charge in [0.25, 0.3) is 10.0 Å². The third-order valence-corrected chi connectivity index (χ3v) is 5.66. The lowest BCUT2D eigenvalue weighted by molar-refractivity contribution is 0.103. The van der Waals surface area contributed by atoms with E-state index < -0.39 is 15.8 Å². The minimum atomic E-state index is -4.10. The summed E-state index contributed by atoms with van der Waals surface area (Å²) >= 11 is 0. The molecule has 0 saturated heterocycles. The van der Waals surface area contributed by atoms with Crippen molar-refractivity contribution in [3.05, 3.63) is 108 Å². The number of carbonyl (C=O) groups excluding carboxylic acids is 1. The molecule has 1 N–H and O–H groups in total. The lowest BCUT2D eigenvalue weighted by atomic mass is 9.92. The van der Waals surface area contributed by atoms with Crippen LogP contribution in [0.15, 0.2) is 99.9 Å². The average molecular weight is 406 g/mol. The van der Waals surface area contributed by atoms with Gasteiger partial charge >= 0.3 is 0 Å². The van der Waals surface area contributed by atoms with Crippen LogP contribution in [-0.2, 0) is 10.0 Å². The summed E-state index contributed by atoms with van der Waals surface area (Å²) in [6, 6.07) is 20.2. The highest BCUT2D eigenvalue weighted by Gasteiger charge is 2.26. The number of hydrogen-bond acceptors (Lipinski definition) is 4. The predicted octanol–water partition coefficient (Wildman–Crippen LogP) is 4.20. The van der Waals surface area contributed by atoms with Crippen LogP contribution in [0.3, 0.4) is 0 Å². The second-order valence-corrected chi connectivity index (χ2v) is 7.93. The van der Waals surface area contributed by atoms with Crippen molar-refractivity contribution in [1.29, 1.82) is 0 Å². The number of halogens is 1. The molecule has 1 aliphatic carbocycles. The number of para-hydroxylation sites is 1. The van der Waals surface area contributed by atoms with Gasteiger partial charge in [-0.05, 0) is 42.5 Å². The van der Waals surface area contributed by atoms with E-state index in [4.69, 9.17) is 0 Å². The van der Waals surface area contributed by atoms with Gasteiger partial charge in [-0.25, -0.2) is 4.39 Å². The van der Waals surface area contributed by atoms with E-state index in [9.17, 15) is 17.6 Å². The average Bonchev–Trinajstić information content (AvgIpc) is 2.72. The second-order valence-electron chi connectivity index (χ2n) is 6.33. The van der Waals surface area contributed by atoms with Gasteiger partial charge in [-0.3, -0.25) is 4.79 Å². The molecule has 0 fully saturated rings. The Kier molecular flexibility index (Phi) is 4.82. The number of rotatable bonds is 4. The largest absolute Gasteiger partial charge is 0.352 e. The van der Waals surface area contributed by atoms with Gasteiger partial charge in [0, 0.05) is 16.8 Å². The maximum atomic E-state index is 13.1. The number of sulfonamides is 1. The fraction of sp³-hybridized carbons (Fsp3) is 0. The minimum Gasteiger partial charge on any atom is -0.352 e. The second kappa shape index (κ2) is 7.44. The van der Waals surface area contributed by atoms with Gasteiger partial charge in [0.15, 0.2) is 0 Å². The van der Waals surface area contributed by atoms with Crippen molar-refractivity contribution >= 4 is 27.2 Å². The molecule has 5 nitrogen and oxygen atoms in total. The summed E-state index contributed by atoms with van der Waals surface area (Å²) in [6.07, 6.45) is 1.42. The van der Waals surface area contributed by atoms with Crippen molar-refractivity contribution < 1.29 is 17.6 Å². The summed E-state index contributed by atoms with van der Waals surface area (Å²) in [5, 5.41) is 3.02. The highest BCUT2D eigenvalue weighted by atomic mass is 32.2. The molecule has 0 unspecified atom stereocenters. The molecule has 0 amide bonds. The number of carbonyl (C=O) groups is 1. The SMILES string of the molecule is O=C1C(Nc2ccccc2)=C/C(=N\S(=O)(=O)c2ccc(F)cc2)c2ccccc21. The molecule has 3 aromatic carbocycles. The number of anilines is 1. The number of ketones is 1. The number of hydrogen-bond donors (Lipinski definition) is 1. The van der Waals surface area contributed by atoms with E-state index in [1.54, 1.807) is 36.4 Å². The predicted molar refractivity (Wildman–Crippen MR) is 109 cm³/mol. The van der Waals surface area contributed by atoms with Crippen molar-refractivity contribution in [2.75, 3.05) is 5.32 Å². The fourth-order valence-electron chi connectivity index (χ4n) is 2.96. The van der Waals surface area contributed by atoms with E-state index in [-0.39, 0.29) is 22.1 Å². The number of nitrogens with zero attached hydrogens (tertiary/aromatic N) is 1. The standard InChI is InChI=1S/C22H15FN2O3S/c23-15-10-12-17(13-11-15)29(27,28)25-20-14-21(24-16-6-2-1-3-7-16)22(26)19-9-5-4-8-18(19)20/h1-14,24H/b25-20+. The summed E-state index contributed by atoms with van der Waals surface area (Å²) in [4.78, 5) is 12.7. The molecular formula is C22H15FN2O3S. The van der Waals surface area contributed by atoms with E-state index in [0.717, 1.165) is 24.3 Å². The van der Waals surface area contributed by atoms with Gasteiger partial charge in [0.2, 0.25) is 5.78 Å². The molecule has 144 valence electrons. The summed E-state index contributed by atoms with van der Waals surface area (Å²) in [5.74, 6) is -0.804. The van der Waals surface area contributed by atoms with E-state index in [0.29, 0.717) is 16.8 Å². The van der Waals surface area contributed by atoms with Gasteiger partial charge in [-0.15, -0.1) is 0 Å². The molecule has 0 atom stereocenters. The summed E-state index contributed by atoms with van der Waals surface area (Å²) in [7, 11) is -4.10. The number of fused-ring (bicyclic) bond motifs is 1. The van der Waals surface area contributed by atoms with Gasteiger partial charge in [0.1, 0.15) is 5.82 Å². The van der Waals surface area contributed by atoms with Crippen molar-refractivity contribution in [3.8, 4) is 0 Å². The van der Waals surface area contributed by atoms with Crippen LogP contribution in [0.1, 0.15) is 15.9 Å². The van der Waals surface area contributed by atoms with E-state index in [2.05, 4.69) is 9.71 Å². The molecule has 4 rings (SSSR count). The molecule has 0 spiro atoms. The van der Waals surface area contributed by atoms with E-state index in [1.807, 2.05) is 18.2 Å². The Morgan fingerprint density at radius 3 is 2.10 bits per heavy atom. The monoisotopic (exact) mass is 406 g/mol. The van der Waals surface area contributed by atoms with Crippen LogP contribution in [0.5, 0.6) is 0 Å². The molecular weight excluding hydrogens is 391 g/mol. The van der Waals surface area contributed by atoms with Gasteiger partial charge < -0.3 is 5.32 Å². The van der Waals surface area contributed by atoms with Gasteiger partial charge in [-0.2, -0.15) is 12.8 Å². The van der Waals surface area contributed by atoms with E-state index in [1.165, 1.54) is 6.08 Å². The van der Waals surface area contributed by atoms with Crippen LogP contribution in [0.2, 0.25) is 0 Å². The first-order valence-electron chi connectivity index (χ1n) is 8.72. The first-order valence-corrected chi connectivity index (χ1v) is 10.2. The molecule has 0 aliphatic heterocycles. The first-order chi connectivity index (χ1) is 13.9. The Labute approximate surface area is 167 Å². The van der Waals surface area contributed by atoms with Crippen LogP contribution >= 0.6 is 0 Å². The Morgan fingerprint density at radius 1 is 0.793 bits per heavy atom. The molecule has 1 aliphatic rings. The first kappa shape index (κ1) is 18.8. The zero-order valence-corrected chi connectivity index (χ0v) is 15.9. The molecule has 0 saturated carbocycles. The summed E-state index contributed by atoms with van der Waals surface area (Å²) in [6.45, 7) is 0. The van der Waals surface area contributed by atoms with Crippen molar-refractivity contribution in [2.24, 2.45) is 4.40 Å². The molecule has 0 heterocycles. The quantitative estimate of drug-likeness (QED) is 0.705. The fourth-order valence-corrected chi connectivity index (χ4v) is 3.96. The van der Waals surface area contributed by atoms with Gasteiger partial charge in [-0.1, -0.05) is 42.5 Å². The highest BCUT2D eigenvalue weighted by molar-refractivity contribution is 7.90. The number of Topliss-reactive ketones (excluding diaryl/α,β-unsaturated/α-hetero) is 1. The minimum absolute atomic E-state index is 0.128. The Hall–Kier alpha value is -3.58. The molecule has 0 aromatic heterocycles. The van der Waals surface area contributed by atoms with Crippen molar-refractivity contribution in [3.63, 3.8) is 0 Å². The number of benzene rings is 3. The van der Waals surface area contributed by atoms with Crippen molar-refractivity contribution in [2.45, 2.75) is 4.90 Å². The van der Waals surface area contributed by atoms with Crippen LogP contribution in [0.25, 0.3) is 0 Å². The topological polar surface area (TPSA) is 75.6 Å². The molecule has 3 aromatic rings. The zero-order chi connectivity index (χ0) is 20.4. The molecule has 29 heavy (non-hydrogen) atoms. The lowest BCUT2D eigenvalue weighted by Crippen LogP contribution is -2.22. The number of nitrogens with one attached hydrogen (secondary N) is 1. The third kappa shape index (κ3) is 3.86. The zero-order valence-electron chi connectivity index (χ0n) is 15.0. The highest BCUT2D eigenvalue weighted by Crippen LogP contribution is 2.25. The van der Waals surface area contributed by atoms with Gasteiger partial charge in [0.05, 0.1) is 16.3 Å². The summed E-state index contributed by atoms with van der Waals surface area (Å²) < 4.78 is 42.5. The van der Waals surface area contributed by atoms with Crippen LogP contribution < -0.4 is 5.32 Å². The Bertz CT molecular complexity index is 1250. The third-order valence-electron chi connectivity index (χ3n) is 4.36. The number of allylic oxidation sites excluding steroid dienone is 2. The van der Waals surface area contributed by atoms with Crippen molar-refractivity contribution in [1.82, 2.24) is 0 Å². The maximum absolute atomic E-state index is 13.1. The molecule has 0 radical (unpaired) electrons.